The van der Waals surface area contributed by atoms with Crippen LogP contribution in [0.1, 0.15) is 12.8 Å². The van der Waals surface area contributed by atoms with Crippen molar-refractivity contribution in [1.82, 2.24) is 14.8 Å². The first-order valence-electron chi connectivity index (χ1n) is 9.39. The standard InChI is InChI=1S/C21H15FN4O5/c1-31-13-5-2-11(3-6-13)17-19(28)23-18-14-7-4-12(22)10-15(14)25-16(27)8-9-21(25,20(29)30)26(18)24-17/h2-7,10H,8-9H2,1H3,(H,29,30)/t21-/m1/s1. The molecule has 1 saturated heterocycles. The first-order chi connectivity index (χ1) is 14.9. The molecule has 10 heteroatoms. The van der Waals surface area contributed by atoms with Crippen LogP contribution in [0.4, 0.5) is 10.1 Å². The van der Waals surface area contributed by atoms with Gasteiger partial charge in [-0.2, -0.15) is 10.1 Å². The van der Waals surface area contributed by atoms with Crippen LogP contribution >= 0.6 is 0 Å². The average molecular weight is 422 g/mol. The van der Waals surface area contributed by atoms with Gasteiger partial charge in [-0.3, -0.25) is 14.5 Å². The van der Waals surface area contributed by atoms with E-state index in [1.807, 2.05) is 0 Å². The van der Waals surface area contributed by atoms with Crippen LogP contribution in [-0.4, -0.2) is 38.9 Å². The highest BCUT2D eigenvalue weighted by molar-refractivity contribution is 6.07. The van der Waals surface area contributed by atoms with Gasteiger partial charge in [0, 0.05) is 24.0 Å². The van der Waals surface area contributed by atoms with E-state index in [9.17, 15) is 23.9 Å². The highest BCUT2D eigenvalue weighted by Crippen LogP contribution is 2.48. The summed E-state index contributed by atoms with van der Waals surface area (Å²) in [4.78, 5) is 43.2. The summed E-state index contributed by atoms with van der Waals surface area (Å²) in [7, 11) is 1.51. The number of carbonyl (C=O) groups is 2. The zero-order valence-corrected chi connectivity index (χ0v) is 16.2. The minimum Gasteiger partial charge on any atom is -0.497 e. The number of ether oxygens (including phenoxy) is 1. The normalized spacial score (nSPS) is 18.9. The van der Waals surface area contributed by atoms with Gasteiger partial charge in [-0.1, -0.05) is 0 Å². The molecule has 1 amide bonds. The molecule has 2 aromatic carbocycles. The Kier molecular flexibility index (Phi) is 3.94. The lowest BCUT2D eigenvalue weighted by Gasteiger charge is -2.41. The topological polar surface area (TPSA) is 115 Å². The first-order valence-corrected chi connectivity index (χ1v) is 9.39. The van der Waals surface area contributed by atoms with Gasteiger partial charge in [0.15, 0.2) is 11.5 Å². The van der Waals surface area contributed by atoms with Gasteiger partial charge in [0.25, 0.3) is 5.56 Å². The number of fused-ring (bicyclic) bond motifs is 6. The Morgan fingerprint density at radius 2 is 1.94 bits per heavy atom. The first kappa shape index (κ1) is 18.9. The smallest absolute Gasteiger partial charge is 0.353 e. The van der Waals surface area contributed by atoms with Crippen molar-refractivity contribution in [3.63, 3.8) is 0 Å². The zero-order valence-electron chi connectivity index (χ0n) is 16.2. The van der Waals surface area contributed by atoms with Crippen molar-refractivity contribution >= 4 is 17.6 Å². The number of hydrogen-bond donors (Lipinski definition) is 1. The van der Waals surface area contributed by atoms with Crippen LogP contribution in [-0.2, 0) is 15.3 Å². The molecular formula is C21H15FN4O5. The molecule has 1 atom stereocenters. The number of halogens is 1. The number of methoxy groups -OCH3 is 1. The number of amides is 1. The summed E-state index contributed by atoms with van der Waals surface area (Å²) < 4.78 is 20.2. The number of aliphatic carboxylic acids is 1. The van der Waals surface area contributed by atoms with Crippen molar-refractivity contribution in [2.45, 2.75) is 18.5 Å². The second-order valence-electron chi connectivity index (χ2n) is 7.24. The monoisotopic (exact) mass is 422 g/mol. The zero-order chi connectivity index (χ0) is 21.9. The summed E-state index contributed by atoms with van der Waals surface area (Å²) in [6.45, 7) is 0. The molecule has 0 radical (unpaired) electrons. The van der Waals surface area contributed by atoms with E-state index in [1.54, 1.807) is 24.3 Å². The molecule has 1 aromatic heterocycles. The van der Waals surface area contributed by atoms with Gasteiger partial charge in [0.05, 0.1) is 12.8 Å². The predicted molar refractivity (Wildman–Crippen MR) is 106 cm³/mol. The molecule has 0 spiro atoms. The maximum atomic E-state index is 14.0. The molecule has 9 nitrogen and oxygen atoms in total. The molecule has 0 saturated carbocycles. The summed E-state index contributed by atoms with van der Waals surface area (Å²) in [5.41, 5.74) is -1.98. The fourth-order valence-corrected chi connectivity index (χ4v) is 4.17. The number of carboxylic acids is 1. The number of nitrogens with zero attached hydrogens (tertiary/aromatic N) is 4. The number of hydrogen-bond acceptors (Lipinski definition) is 6. The van der Waals surface area contributed by atoms with Gasteiger partial charge in [-0.05, 0) is 42.5 Å². The van der Waals surface area contributed by atoms with Crippen molar-refractivity contribution in [3.8, 4) is 28.4 Å². The summed E-state index contributed by atoms with van der Waals surface area (Å²) in [6.07, 6.45) is -0.183. The van der Waals surface area contributed by atoms with E-state index < -0.39 is 28.9 Å². The Bertz CT molecular complexity index is 1320. The molecule has 2 aliphatic rings. The Morgan fingerprint density at radius 3 is 2.61 bits per heavy atom. The van der Waals surface area contributed by atoms with Gasteiger partial charge in [-0.25, -0.2) is 13.9 Å². The average Bonchev–Trinajstić information content (AvgIpc) is 3.12. The number of carboxylic acid groups (broad SMARTS) is 1. The number of rotatable bonds is 3. The Hall–Kier alpha value is -4.08. The fraction of sp³-hybridized carbons (Fsp3) is 0.190. The van der Waals surface area contributed by atoms with Crippen LogP contribution in [0.25, 0.3) is 22.6 Å². The lowest BCUT2D eigenvalue weighted by atomic mass is 10.00. The predicted octanol–water partition coefficient (Wildman–Crippen LogP) is 2.00. The van der Waals surface area contributed by atoms with Crippen molar-refractivity contribution in [3.05, 3.63) is 58.6 Å². The minimum absolute atomic E-state index is 0.0365. The van der Waals surface area contributed by atoms with E-state index in [0.29, 0.717) is 11.3 Å². The van der Waals surface area contributed by atoms with Gasteiger partial charge in [-0.15, -0.1) is 0 Å². The summed E-state index contributed by atoms with van der Waals surface area (Å²) in [6, 6.07) is 10.1. The fourth-order valence-electron chi connectivity index (χ4n) is 4.17. The SMILES string of the molecule is COc1ccc(-c2nn3c(nc2=O)-c2ccc(F)cc2N2C(=O)CC[C@@]23C(=O)O)cc1. The summed E-state index contributed by atoms with van der Waals surface area (Å²) >= 11 is 0. The van der Waals surface area contributed by atoms with Crippen LogP contribution in [0.5, 0.6) is 5.75 Å². The largest absolute Gasteiger partial charge is 0.497 e. The van der Waals surface area contributed by atoms with Crippen LogP contribution in [0.3, 0.4) is 0 Å². The third-order valence-corrected chi connectivity index (χ3v) is 5.62. The molecule has 3 heterocycles. The van der Waals surface area contributed by atoms with E-state index >= 15 is 0 Å². The molecule has 2 aliphatic heterocycles. The van der Waals surface area contributed by atoms with Crippen LogP contribution in [0.2, 0.25) is 0 Å². The highest BCUT2D eigenvalue weighted by Gasteiger charge is 2.58. The van der Waals surface area contributed by atoms with Crippen molar-refractivity contribution in [2.75, 3.05) is 12.0 Å². The van der Waals surface area contributed by atoms with Crippen LogP contribution in [0, 0.1) is 5.82 Å². The van der Waals surface area contributed by atoms with Gasteiger partial charge in [0.1, 0.15) is 11.6 Å². The molecule has 31 heavy (non-hydrogen) atoms. The highest BCUT2D eigenvalue weighted by atomic mass is 19.1. The van der Waals surface area contributed by atoms with E-state index in [-0.39, 0.29) is 35.6 Å². The second kappa shape index (κ2) is 6.46. The van der Waals surface area contributed by atoms with Crippen LogP contribution in [0.15, 0.2) is 47.3 Å². The molecule has 156 valence electrons. The summed E-state index contributed by atoms with van der Waals surface area (Å²) in [5, 5.41) is 14.5. The van der Waals surface area contributed by atoms with Gasteiger partial charge >= 0.3 is 5.97 Å². The molecule has 5 rings (SSSR count). The molecule has 0 aliphatic carbocycles. The number of benzene rings is 2. The van der Waals surface area contributed by atoms with Gasteiger partial charge < -0.3 is 9.84 Å². The number of anilines is 1. The number of aromatic nitrogens is 3. The maximum absolute atomic E-state index is 14.0. The van der Waals surface area contributed by atoms with E-state index in [0.717, 1.165) is 21.7 Å². The molecule has 1 N–H and O–H groups in total. The van der Waals surface area contributed by atoms with E-state index in [2.05, 4.69) is 10.1 Å². The maximum Gasteiger partial charge on any atom is 0.353 e. The van der Waals surface area contributed by atoms with Crippen LogP contribution < -0.4 is 15.2 Å². The second-order valence-corrected chi connectivity index (χ2v) is 7.24. The third-order valence-electron chi connectivity index (χ3n) is 5.62. The quantitative estimate of drug-likeness (QED) is 0.687. The van der Waals surface area contributed by atoms with E-state index in [1.165, 1.54) is 13.2 Å². The Morgan fingerprint density at radius 1 is 1.19 bits per heavy atom. The Labute approximate surface area is 174 Å². The van der Waals surface area contributed by atoms with Crippen molar-refractivity contribution < 1.29 is 23.8 Å². The molecule has 0 unspecified atom stereocenters. The summed E-state index contributed by atoms with van der Waals surface area (Å²) in [5.74, 6) is -1.94. The Balaban J connectivity index is 1.83. The van der Waals surface area contributed by atoms with E-state index in [4.69, 9.17) is 4.74 Å². The lowest BCUT2D eigenvalue weighted by molar-refractivity contribution is -0.148. The van der Waals surface area contributed by atoms with Crippen molar-refractivity contribution in [2.24, 2.45) is 0 Å². The van der Waals surface area contributed by atoms with Crippen molar-refractivity contribution in [1.29, 1.82) is 0 Å². The molecule has 0 bridgehead atoms. The molecule has 3 aromatic rings. The molecular weight excluding hydrogens is 407 g/mol. The molecule has 1 fully saturated rings. The van der Waals surface area contributed by atoms with Gasteiger partial charge in [0.2, 0.25) is 11.6 Å². The number of carbonyl (C=O) groups excluding carboxylic acids is 1. The third kappa shape index (κ3) is 2.51. The lowest BCUT2D eigenvalue weighted by Crippen LogP contribution is -2.58. The minimum atomic E-state index is -1.95.